The smallest absolute Gasteiger partial charge is 0.288 e. The molecule has 2 aromatic heterocycles. The van der Waals surface area contributed by atoms with E-state index in [0.717, 1.165) is 25.0 Å². The van der Waals surface area contributed by atoms with E-state index in [0.29, 0.717) is 43.3 Å². The number of aromatic nitrogens is 2. The van der Waals surface area contributed by atoms with Gasteiger partial charge in [0.25, 0.3) is 5.56 Å². The Balaban J connectivity index is 1.49. The van der Waals surface area contributed by atoms with Gasteiger partial charge in [-0.15, -0.1) is 0 Å². The second kappa shape index (κ2) is 6.11. The first-order valence-electron chi connectivity index (χ1n) is 9.67. The summed E-state index contributed by atoms with van der Waals surface area (Å²) in [5.41, 5.74) is -1.35. The number of rotatable bonds is 5. The molecule has 1 N–H and O–H groups in total. The summed E-state index contributed by atoms with van der Waals surface area (Å²) < 4.78 is 6.74. The van der Waals surface area contributed by atoms with Crippen LogP contribution >= 0.6 is 11.6 Å². The first-order chi connectivity index (χ1) is 13.4. The van der Waals surface area contributed by atoms with E-state index in [9.17, 15) is 14.7 Å². The lowest BCUT2D eigenvalue weighted by atomic mass is 9.47. The molecule has 7 nitrogen and oxygen atoms in total. The maximum atomic E-state index is 13.1. The van der Waals surface area contributed by atoms with Gasteiger partial charge in [-0.2, -0.15) is 5.10 Å². The van der Waals surface area contributed by atoms with Crippen LogP contribution in [-0.4, -0.2) is 15.7 Å². The average molecular weight is 403 g/mol. The molecule has 0 spiro atoms. The van der Waals surface area contributed by atoms with Crippen molar-refractivity contribution in [2.24, 2.45) is 17.3 Å². The second-order valence-electron chi connectivity index (χ2n) is 8.78. The molecular weight excluding hydrogens is 382 g/mol. The minimum absolute atomic E-state index is 0.0693. The van der Waals surface area contributed by atoms with Crippen LogP contribution < -0.4 is 16.0 Å². The van der Waals surface area contributed by atoms with Crippen molar-refractivity contribution in [1.82, 2.24) is 9.78 Å². The van der Waals surface area contributed by atoms with E-state index in [1.165, 1.54) is 4.68 Å². The van der Waals surface area contributed by atoms with Gasteiger partial charge in [-0.25, -0.2) is 4.68 Å². The molecule has 4 atom stereocenters. The van der Waals surface area contributed by atoms with Gasteiger partial charge in [0.1, 0.15) is 10.8 Å². The van der Waals surface area contributed by atoms with Crippen LogP contribution in [0.25, 0.3) is 0 Å². The van der Waals surface area contributed by atoms with Crippen molar-refractivity contribution >= 4 is 23.3 Å². The fourth-order valence-corrected chi connectivity index (χ4v) is 6.39. The minimum atomic E-state index is -0.984. The highest BCUT2D eigenvalue weighted by Crippen LogP contribution is 2.63. The second-order valence-corrected chi connectivity index (χ2v) is 9.15. The van der Waals surface area contributed by atoms with E-state index < -0.39 is 16.9 Å². The topological polar surface area (TPSA) is 100 Å². The third kappa shape index (κ3) is 2.59. The zero-order valence-electron chi connectivity index (χ0n) is 15.3. The monoisotopic (exact) mass is 402 g/mol. The van der Waals surface area contributed by atoms with Crippen LogP contribution in [0.3, 0.4) is 0 Å². The molecule has 148 valence electrons. The molecule has 0 saturated heterocycles. The van der Waals surface area contributed by atoms with Crippen molar-refractivity contribution in [3.8, 4) is 0 Å². The summed E-state index contributed by atoms with van der Waals surface area (Å²) in [5.74, 6) is 0.325. The number of carboxylic acids is 1. The number of hydrogen-bond acceptors (Lipinski definition) is 6. The molecule has 2 unspecified atom stereocenters. The van der Waals surface area contributed by atoms with Crippen molar-refractivity contribution in [3.05, 3.63) is 45.7 Å². The number of nitrogens with zero attached hydrogens (tertiary/aromatic N) is 2. The van der Waals surface area contributed by atoms with Crippen molar-refractivity contribution in [3.63, 3.8) is 0 Å². The third-order valence-corrected chi connectivity index (χ3v) is 7.23. The van der Waals surface area contributed by atoms with E-state index in [1.54, 1.807) is 18.5 Å². The van der Waals surface area contributed by atoms with Crippen LogP contribution in [-0.2, 0) is 16.9 Å². The minimum Gasteiger partial charge on any atom is -0.550 e. The van der Waals surface area contributed by atoms with Crippen molar-refractivity contribution < 1.29 is 14.3 Å². The number of halogens is 1. The van der Waals surface area contributed by atoms with E-state index in [1.807, 2.05) is 6.07 Å². The summed E-state index contributed by atoms with van der Waals surface area (Å²) in [7, 11) is 0. The number of anilines is 1. The third-order valence-electron chi connectivity index (χ3n) is 6.86. The van der Waals surface area contributed by atoms with Gasteiger partial charge < -0.3 is 19.6 Å². The lowest BCUT2D eigenvalue weighted by Crippen LogP contribution is -2.63. The normalized spacial score (nSPS) is 33.2. The number of hydrogen-bond donors (Lipinski definition) is 1. The van der Waals surface area contributed by atoms with Crippen LogP contribution in [0.2, 0.25) is 5.02 Å². The molecule has 4 bridgehead atoms. The van der Waals surface area contributed by atoms with E-state index in [2.05, 4.69) is 10.4 Å². The van der Waals surface area contributed by atoms with Crippen LogP contribution in [0.15, 0.2) is 33.8 Å². The molecule has 0 aliphatic heterocycles. The van der Waals surface area contributed by atoms with E-state index in [4.69, 9.17) is 16.0 Å². The molecule has 4 aliphatic rings. The molecule has 0 radical (unpaired) electrons. The van der Waals surface area contributed by atoms with Crippen molar-refractivity contribution in [1.29, 1.82) is 0 Å². The average Bonchev–Trinajstić information content (AvgIpc) is 3.15. The summed E-state index contributed by atoms with van der Waals surface area (Å²) in [6.07, 6.45) is 7.42. The van der Waals surface area contributed by atoms with Gasteiger partial charge in [0, 0.05) is 11.4 Å². The molecule has 28 heavy (non-hydrogen) atoms. The Hall–Kier alpha value is -2.28. The maximum absolute atomic E-state index is 13.1. The Morgan fingerprint density at radius 3 is 2.75 bits per heavy atom. The molecule has 0 aromatic carbocycles. The first-order valence-corrected chi connectivity index (χ1v) is 10.0. The fourth-order valence-electron chi connectivity index (χ4n) is 6.19. The number of carbonyl (C=O) groups is 1. The fraction of sp³-hybridized carbons (Fsp3) is 0.550. The first kappa shape index (κ1) is 17.8. The SMILES string of the molecule is O=C([O-])C12C[C@H]3C[C@@H](C1)CC(n1ncc(NCc4ccco4)c(Cl)c1=O)(C3)C2. The van der Waals surface area contributed by atoms with Gasteiger partial charge in [0.15, 0.2) is 0 Å². The Morgan fingerprint density at radius 1 is 1.36 bits per heavy atom. The molecule has 4 saturated carbocycles. The van der Waals surface area contributed by atoms with Gasteiger partial charge in [-0.05, 0) is 62.5 Å². The highest BCUT2D eigenvalue weighted by molar-refractivity contribution is 6.32. The van der Waals surface area contributed by atoms with Gasteiger partial charge in [-0.3, -0.25) is 4.79 Å². The van der Waals surface area contributed by atoms with Gasteiger partial charge in [0.05, 0.1) is 30.2 Å². The van der Waals surface area contributed by atoms with Crippen molar-refractivity contribution in [2.45, 2.75) is 50.6 Å². The van der Waals surface area contributed by atoms with Crippen molar-refractivity contribution in [2.75, 3.05) is 5.32 Å². The highest BCUT2D eigenvalue weighted by atomic mass is 35.5. The number of aliphatic carboxylic acids is 1. The van der Waals surface area contributed by atoms with Crippen LogP contribution in [0.5, 0.6) is 0 Å². The number of carboxylic acid groups (broad SMARTS) is 1. The Bertz CT molecular complexity index is 970. The summed E-state index contributed by atoms with van der Waals surface area (Å²) in [6.45, 7) is 0.390. The standard InChI is InChI=1S/C20H22ClN3O4/c21-16-15(22-9-14-2-1-3-28-14)10-23-24(17(16)25)20-7-12-4-13(8-20)6-19(5-12,11-20)18(26)27/h1-3,10,12-13,22H,4-9,11H2,(H,26,27)/p-1/t12-,13+,19?,20?. The molecular formula is C20H21ClN3O4-. The number of nitrogens with one attached hydrogen (secondary N) is 1. The molecule has 2 heterocycles. The number of carbonyl (C=O) groups excluding carboxylic acids is 1. The molecule has 0 amide bonds. The lowest BCUT2D eigenvalue weighted by molar-refractivity contribution is -0.329. The lowest BCUT2D eigenvalue weighted by Gasteiger charge is -2.62. The van der Waals surface area contributed by atoms with Gasteiger partial charge >= 0.3 is 0 Å². The molecule has 2 aromatic rings. The van der Waals surface area contributed by atoms with Crippen LogP contribution in [0.4, 0.5) is 5.69 Å². The predicted octanol–water partition coefficient (Wildman–Crippen LogP) is 2.15. The molecule has 6 rings (SSSR count). The summed E-state index contributed by atoms with van der Waals surface area (Å²) in [4.78, 5) is 25.0. The molecule has 4 fully saturated rings. The van der Waals surface area contributed by atoms with Crippen LogP contribution in [0.1, 0.15) is 44.3 Å². The maximum Gasteiger partial charge on any atom is 0.288 e. The summed E-state index contributed by atoms with van der Waals surface area (Å²) >= 11 is 6.38. The largest absolute Gasteiger partial charge is 0.550 e. The quantitative estimate of drug-likeness (QED) is 0.822. The Morgan fingerprint density at radius 2 is 2.11 bits per heavy atom. The Kier molecular flexibility index (Phi) is 3.88. The highest BCUT2D eigenvalue weighted by Gasteiger charge is 2.60. The van der Waals surface area contributed by atoms with E-state index >= 15 is 0 Å². The Labute approximate surface area is 166 Å². The zero-order valence-corrected chi connectivity index (χ0v) is 16.1. The van der Waals surface area contributed by atoms with Crippen LogP contribution in [0, 0.1) is 17.3 Å². The molecule has 4 aliphatic carbocycles. The van der Waals surface area contributed by atoms with Gasteiger partial charge in [-0.1, -0.05) is 11.6 Å². The predicted molar refractivity (Wildman–Crippen MR) is 99.6 cm³/mol. The number of furan rings is 1. The van der Waals surface area contributed by atoms with E-state index in [-0.39, 0.29) is 10.6 Å². The summed E-state index contributed by atoms with van der Waals surface area (Å²) in [6, 6.07) is 3.61. The molecule has 8 heteroatoms. The summed E-state index contributed by atoms with van der Waals surface area (Å²) in [5, 5.41) is 19.5. The zero-order chi connectivity index (χ0) is 19.5. The van der Waals surface area contributed by atoms with Gasteiger partial charge in [0.2, 0.25) is 0 Å².